The minimum absolute atomic E-state index is 0.000941. The van der Waals surface area contributed by atoms with Gasteiger partial charge >= 0.3 is 0 Å². The molecule has 0 radical (unpaired) electrons. The van der Waals surface area contributed by atoms with Crippen molar-refractivity contribution >= 4 is 32.3 Å². The zero-order valence-corrected chi connectivity index (χ0v) is 25.9. The van der Waals surface area contributed by atoms with E-state index in [9.17, 15) is 5.11 Å². The molecule has 0 unspecified atom stereocenters. The van der Waals surface area contributed by atoms with Crippen LogP contribution < -0.4 is 4.74 Å². The Labute approximate surface area is 274 Å². The zero-order chi connectivity index (χ0) is 31.3. The molecule has 8 aromatic carbocycles. The first-order valence-electron chi connectivity index (χ1n) is 16.3. The van der Waals surface area contributed by atoms with E-state index in [1.807, 2.05) is 6.07 Å². The first-order chi connectivity index (χ1) is 23.2. The standard InChI is InChI=1S/C45H32O2/c46-21-22-47-37-20-19-31-23-33(16-15-32(31)24-37)43-27-36(41-14-6-10-30-8-2-4-12-39(30)41)28-45-42-25-34(17-18-35(42)26-44(43)45)40-13-5-9-29-7-1-3-11-38(29)40/h1-20,23-25,27-28,46H,21-22,26H2. The van der Waals surface area contributed by atoms with E-state index in [0.29, 0.717) is 6.61 Å². The number of hydrogen-bond acceptors (Lipinski definition) is 2. The van der Waals surface area contributed by atoms with E-state index in [-0.39, 0.29) is 6.61 Å². The first-order valence-corrected chi connectivity index (χ1v) is 16.3. The third kappa shape index (κ3) is 4.77. The van der Waals surface area contributed by atoms with Crippen LogP contribution in [-0.4, -0.2) is 18.3 Å². The Morgan fingerprint density at radius 2 is 1.04 bits per heavy atom. The molecule has 224 valence electrons. The smallest absolute Gasteiger partial charge is 0.120 e. The maximum absolute atomic E-state index is 9.20. The van der Waals surface area contributed by atoms with Crippen LogP contribution in [0.25, 0.3) is 76.8 Å². The molecule has 1 aliphatic carbocycles. The number of aliphatic hydroxyl groups excluding tert-OH is 1. The van der Waals surface area contributed by atoms with Crippen molar-refractivity contribution in [2.75, 3.05) is 13.2 Å². The molecule has 8 aromatic rings. The van der Waals surface area contributed by atoms with Crippen LogP contribution >= 0.6 is 0 Å². The third-order valence-electron chi connectivity index (χ3n) is 9.70. The maximum atomic E-state index is 9.20. The van der Waals surface area contributed by atoms with Crippen molar-refractivity contribution < 1.29 is 9.84 Å². The normalized spacial score (nSPS) is 12.0. The largest absolute Gasteiger partial charge is 0.491 e. The average molecular weight is 605 g/mol. The minimum Gasteiger partial charge on any atom is -0.491 e. The van der Waals surface area contributed by atoms with Gasteiger partial charge in [0, 0.05) is 0 Å². The van der Waals surface area contributed by atoms with E-state index in [1.54, 1.807) is 0 Å². The maximum Gasteiger partial charge on any atom is 0.120 e. The van der Waals surface area contributed by atoms with Crippen molar-refractivity contribution in [3.05, 3.63) is 163 Å². The lowest BCUT2D eigenvalue weighted by Gasteiger charge is -2.16. The molecule has 0 amide bonds. The van der Waals surface area contributed by atoms with Gasteiger partial charge in [0.25, 0.3) is 0 Å². The van der Waals surface area contributed by atoms with Gasteiger partial charge in [0.2, 0.25) is 0 Å². The highest BCUT2D eigenvalue weighted by Gasteiger charge is 2.25. The van der Waals surface area contributed by atoms with Gasteiger partial charge in [-0.15, -0.1) is 0 Å². The lowest BCUT2D eigenvalue weighted by atomic mass is 9.88. The van der Waals surface area contributed by atoms with Crippen molar-refractivity contribution in [2.45, 2.75) is 6.42 Å². The molecule has 1 N–H and O–H groups in total. The fourth-order valence-electron chi connectivity index (χ4n) is 7.45. The van der Waals surface area contributed by atoms with Crippen LogP contribution in [0.4, 0.5) is 0 Å². The molecule has 0 aromatic heterocycles. The van der Waals surface area contributed by atoms with Crippen molar-refractivity contribution in [1.29, 1.82) is 0 Å². The Morgan fingerprint density at radius 1 is 0.447 bits per heavy atom. The Morgan fingerprint density at radius 3 is 1.81 bits per heavy atom. The summed E-state index contributed by atoms with van der Waals surface area (Å²) in [6, 6.07) is 55.3. The number of hydrogen-bond donors (Lipinski definition) is 1. The number of benzene rings is 8. The van der Waals surface area contributed by atoms with Crippen molar-refractivity contribution in [1.82, 2.24) is 0 Å². The molecule has 0 saturated carbocycles. The summed E-state index contributed by atoms with van der Waals surface area (Å²) in [5, 5.41) is 16.5. The quantitative estimate of drug-likeness (QED) is 0.205. The van der Waals surface area contributed by atoms with Gasteiger partial charge in [0.05, 0.1) is 6.61 Å². The minimum atomic E-state index is 0.000941. The number of fused-ring (bicyclic) bond motifs is 6. The van der Waals surface area contributed by atoms with Gasteiger partial charge in [-0.2, -0.15) is 0 Å². The molecule has 0 aliphatic heterocycles. The Balaban J connectivity index is 1.25. The molecule has 0 atom stereocenters. The molecular weight excluding hydrogens is 572 g/mol. The molecule has 9 rings (SSSR count). The number of rotatable bonds is 6. The summed E-state index contributed by atoms with van der Waals surface area (Å²) in [7, 11) is 0. The monoisotopic (exact) mass is 604 g/mol. The third-order valence-corrected chi connectivity index (χ3v) is 9.70. The molecule has 2 nitrogen and oxygen atoms in total. The summed E-state index contributed by atoms with van der Waals surface area (Å²) in [5.41, 5.74) is 12.8. The highest BCUT2D eigenvalue weighted by Crippen LogP contribution is 2.47. The highest BCUT2D eigenvalue weighted by molar-refractivity contribution is 6.02. The highest BCUT2D eigenvalue weighted by atomic mass is 16.5. The van der Waals surface area contributed by atoms with Crippen LogP contribution in [0, 0.1) is 0 Å². The van der Waals surface area contributed by atoms with Crippen LogP contribution in [0.2, 0.25) is 0 Å². The fraction of sp³-hybridized carbons (Fsp3) is 0.0667. The number of aliphatic hydroxyl groups is 1. The molecule has 47 heavy (non-hydrogen) atoms. The van der Waals surface area contributed by atoms with Crippen molar-refractivity contribution in [2.24, 2.45) is 0 Å². The summed E-state index contributed by atoms with van der Waals surface area (Å²) in [6.45, 7) is 0.292. The van der Waals surface area contributed by atoms with Crippen LogP contribution in [-0.2, 0) is 6.42 Å². The molecule has 0 spiro atoms. The second kappa shape index (κ2) is 11.3. The summed E-state index contributed by atoms with van der Waals surface area (Å²) in [6.07, 6.45) is 0.900. The lowest BCUT2D eigenvalue weighted by Crippen LogP contribution is -2.01. The van der Waals surface area contributed by atoms with E-state index in [4.69, 9.17) is 4.74 Å². The van der Waals surface area contributed by atoms with Gasteiger partial charge in [0.1, 0.15) is 12.4 Å². The van der Waals surface area contributed by atoms with E-state index < -0.39 is 0 Å². The second-order valence-corrected chi connectivity index (χ2v) is 12.4. The summed E-state index contributed by atoms with van der Waals surface area (Å²) in [4.78, 5) is 0. The van der Waals surface area contributed by atoms with E-state index in [0.717, 1.165) is 22.9 Å². The zero-order valence-electron chi connectivity index (χ0n) is 25.9. The van der Waals surface area contributed by atoms with Gasteiger partial charge in [-0.1, -0.05) is 115 Å². The number of ether oxygens (including phenoxy) is 1. The van der Waals surface area contributed by atoms with Crippen molar-refractivity contribution in [3.63, 3.8) is 0 Å². The van der Waals surface area contributed by atoms with Crippen LogP contribution in [0.5, 0.6) is 5.75 Å². The molecule has 0 saturated heterocycles. The summed E-state index contributed by atoms with van der Waals surface area (Å²) >= 11 is 0. The first kappa shape index (κ1) is 27.6. The molecule has 0 heterocycles. The Hall–Kier alpha value is -5.70. The van der Waals surface area contributed by atoms with Crippen LogP contribution in [0.3, 0.4) is 0 Å². The average Bonchev–Trinajstić information content (AvgIpc) is 3.50. The predicted molar refractivity (Wildman–Crippen MR) is 196 cm³/mol. The summed E-state index contributed by atoms with van der Waals surface area (Å²) < 4.78 is 5.69. The van der Waals surface area contributed by atoms with Crippen LogP contribution in [0.15, 0.2) is 152 Å². The van der Waals surface area contributed by atoms with E-state index in [1.165, 1.54) is 77.2 Å². The molecular formula is C45H32O2. The Kier molecular flexibility index (Phi) is 6.62. The van der Waals surface area contributed by atoms with Gasteiger partial charge < -0.3 is 9.84 Å². The molecule has 0 fully saturated rings. The van der Waals surface area contributed by atoms with E-state index >= 15 is 0 Å². The van der Waals surface area contributed by atoms with Gasteiger partial charge in [-0.05, 0) is 131 Å². The van der Waals surface area contributed by atoms with Gasteiger partial charge in [0.15, 0.2) is 0 Å². The Bertz CT molecular complexity index is 2480. The SMILES string of the molecule is OCCOc1ccc2cc(-c3cc(-c4cccc5ccccc45)cc4c3Cc3ccc(-c5cccc6ccccc56)cc3-4)ccc2c1. The molecule has 0 bridgehead atoms. The predicted octanol–water partition coefficient (Wildman–Crippen LogP) is 11.1. The summed E-state index contributed by atoms with van der Waals surface area (Å²) in [5.74, 6) is 0.774. The second-order valence-electron chi connectivity index (χ2n) is 12.4. The fourth-order valence-corrected chi connectivity index (χ4v) is 7.45. The van der Waals surface area contributed by atoms with Crippen LogP contribution in [0.1, 0.15) is 11.1 Å². The molecule has 2 heteroatoms. The van der Waals surface area contributed by atoms with Gasteiger partial charge in [-0.3, -0.25) is 0 Å². The molecule has 1 aliphatic rings. The topological polar surface area (TPSA) is 29.5 Å². The lowest BCUT2D eigenvalue weighted by molar-refractivity contribution is 0.201. The van der Waals surface area contributed by atoms with Crippen molar-refractivity contribution in [3.8, 4) is 50.3 Å². The van der Waals surface area contributed by atoms with Gasteiger partial charge in [-0.25, -0.2) is 0 Å². The van der Waals surface area contributed by atoms with E-state index in [2.05, 4.69) is 146 Å².